The Hall–Kier alpha value is -2.88. The van der Waals surface area contributed by atoms with Gasteiger partial charge in [-0.05, 0) is 42.3 Å². The first-order valence-corrected chi connectivity index (χ1v) is 7.39. The molecule has 3 rings (SSSR count). The maximum atomic E-state index is 12.5. The minimum Gasteiger partial charge on any atom is -0.497 e. The van der Waals surface area contributed by atoms with Crippen molar-refractivity contribution in [3.63, 3.8) is 0 Å². The maximum absolute atomic E-state index is 12.5. The Kier molecular flexibility index (Phi) is 3.98. The Balaban J connectivity index is 2.13. The second kappa shape index (κ2) is 6.08. The highest BCUT2D eigenvalue weighted by Crippen LogP contribution is 2.16. The zero-order valence-corrected chi connectivity index (χ0v) is 13.2. The van der Waals surface area contributed by atoms with Crippen LogP contribution in [0.15, 0.2) is 59.9 Å². The summed E-state index contributed by atoms with van der Waals surface area (Å²) >= 11 is 0. The van der Waals surface area contributed by atoms with Gasteiger partial charge in [-0.15, -0.1) is 0 Å². The van der Waals surface area contributed by atoms with Gasteiger partial charge in [-0.3, -0.25) is 9.48 Å². The number of nitrogens with zero attached hydrogens (tertiary/aromatic N) is 2. The van der Waals surface area contributed by atoms with Gasteiger partial charge in [0.05, 0.1) is 19.2 Å². The predicted octanol–water partition coefficient (Wildman–Crippen LogP) is 3.49. The molecule has 0 atom stereocenters. The molecule has 0 aliphatic rings. The van der Waals surface area contributed by atoms with E-state index in [2.05, 4.69) is 11.7 Å². The lowest BCUT2D eigenvalue weighted by Crippen LogP contribution is -2.18. The highest BCUT2D eigenvalue weighted by Gasteiger charge is 2.11. The molecule has 0 unspecified atom stereocenters. The van der Waals surface area contributed by atoms with Crippen LogP contribution in [-0.2, 0) is 6.54 Å². The van der Waals surface area contributed by atoms with Crippen molar-refractivity contribution in [3.05, 3.63) is 76.6 Å². The van der Waals surface area contributed by atoms with Crippen molar-refractivity contribution in [1.82, 2.24) is 9.78 Å². The highest BCUT2D eigenvalue weighted by atomic mass is 16.5. The fourth-order valence-corrected chi connectivity index (χ4v) is 2.54. The predicted molar refractivity (Wildman–Crippen MR) is 92.8 cm³/mol. The highest BCUT2D eigenvalue weighted by molar-refractivity contribution is 5.81. The van der Waals surface area contributed by atoms with Gasteiger partial charge < -0.3 is 4.74 Å². The number of benzene rings is 2. The zero-order valence-electron chi connectivity index (χ0n) is 13.2. The van der Waals surface area contributed by atoms with Crippen LogP contribution in [0.25, 0.3) is 16.5 Å². The number of para-hydroxylation sites is 1. The lowest BCUT2D eigenvalue weighted by Gasteiger charge is -2.12. The third kappa shape index (κ3) is 2.88. The van der Waals surface area contributed by atoms with Crippen molar-refractivity contribution in [2.24, 2.45) is 0 Å². The average molecular weight is 306 g/mol. The molecule has 0 N–H and O–H groups in total. The Morgan fingerprint density at radius 1 is 1.17 bits per heavy atom. The van der Waals surface area contributed by atoms with E-state index in [1.54, 1.807) is 14.0 Å². The Morgan fingerprint density at radius 3 is 2.52 bits per heavy atom. The summed E-state index contributed by atoms with van der Waals surface area (Å²) in [5.74, 6) is 0.814. The van der Waals surface area contributed by atoms with E-state index in [0.29, 0.717) is 23.2 Å². The molecule has 0 aliphatic heterocycles. The second-order valence-corrected chi connectivity index (χ2v) is 5.48. The van der Waals surface area contributed by atoms with Crippen LogP contribution in [0.4, 0.5) is 0 Å². The number of hydrogen-bond donors (Lipinski definition) is 0. The van der Waals surface area contributed by atoms with E-state index in [0.717, 1.165) is 16.8 Å². The van der Waals surface area contributed by atoms with Crippen LogP contribution in [0, 0.1) is 0 Å². The number of ether oxygens (including phenoxy) is 1. The molecule has 3 aromatic rings. The molecule has 0 spiro atoms. The van der Waals surface area contributed by atoms with Gasteiger partial charge in [-0.25, -0.2) is 0 Å². The van der Waals surface area contributed by atoms with Gasteiger partial charge in [0.25, 0.3) is 0 Å². The lowest BCUT2D eigenvalue weighted by atomic mass is 10.1. The number of allylic oxidation sites excluding steroid dienone is 1. The van der Waals surface area contributed by atoms with Gasteiger partial charge in [0.15, 0.2) is 0 Å². The van der Waals surface area contributed by atoms with Gasteiger partial charge >= 0.3 is 0 Å². The number of methoxy groups -OCH3 is 1. The van der Waals surface area contributed by atoms with E-state index in [1.165, 1.54) is 0 Å². The fourth-order valence-electron chi connectivity index (χ4n) is 2.54. The van der Waals surface area contributed by atoms with Crippen LogP contribution in [-0.4, -0.2) is 16.9 Å². The van der Waals surface area contributed by atoms with E-state index in [1.807, 2.05) is 53.2 Å². The molecule has 0 saturated carbocycles. The van der Waals surface area contributed by atoms with E-state index in [-0.39, 0.29) is 5.43 Å². The van der Waals surface area contributed by atoms with Crippen LogP contribution in [0.5, 0.6) is 5.75 Å². The Morgan fingerprint density at radius 2 is 1.87 bits per heavy atom. The SMILES string of the molecule is C=C(C)c1nn(Cc2ccc(OC)cc2)c2ccccc2c1=O. The molecule has 4 nitrogen and oxygen atoms in total. The molecule has 0 aliphatic carbocycles. The van der Waals surface area contributed by atoms with Gasteiger partial charge in [-0.2, -0.15) is 5.10 Å². The first-order valence-electron chi connectivity index (χ1n) is 7.39. The van der Waals surface area contributed by atoms with Gasteiger partial charge in [-0.1, -0.05) is 30.8 Å². The quantitative estimate of drug-likeness (QED) is 0.741. The summed E-state index contributed by atoms with van der Waals surface area (Å²) in [6, 6.07) is 15.3. The minimum absolute atomic E-state index is 0.0703. The third-order valence-corrected chi connectivity index (χ3v) is 3.76. The molecule has 0 radical (unpaired) electrons. The molecular formula is C19H18N2O2. The largest absolute Gasteiger partial charge is 0.497 e. The second-order valence-electron chi connectivity index (χ2n) is 5.48. The first kappa shape index (κ1) is 15.0. The molecule has 1 heterocycles. The van der Waals surface area contributed by atoms with Crippen molar-refractivity contribution in [2.45, 2.75) is 13.5 Å². The van der Waals surface area contributed by atoms with Gasteiger partial charge in [0, 0.05) is 5.39 Å². The number of fused-ring (bicyclic) bond motifs is 1. The van der Waals surface area contributed by atoms with Crippen molar-refractivity contribution in [1.29, 1.82) is 0 Å². The van der Waals surface area contributed by atoms with Crippen molar-refractivity contribution >= 4 is 16.5 Å². The van der Waals surface area contributed by atoms with E-state index < -0.39 is 0 Å². The summed E-state index contributed by atoms with van der Waals surface area (Å²) in [5, 5.41) is 5.17. The zero-order chi connectivity index (χ0) is 16.4. The number of hydrogen-bond acceptors (Lipinski definition) is 3. The van der Waals surface area contributed by atoms with E-state index in [9.17, 15) is 4.79 Å². The molecule has 0 fully saturated rings. The summed E-state index contributed by atoms with van der Waals surface area (Å²) in [7, 11) is 1.64. The Bertz CT molecular complexity index is 924. The van der Waals surface area contributed by atoms with E-state index >= 15 is 0 Å². The summed E-state index contributed by atoms with van der Waals surface area (Å²) in [5.41, 5.74) is 2.92. The number of aromatic nitrogens is 2. The van der Waals surface area contributed by atoms with Gasteiger partial charge in [0.1, 0.15) is 11.4 Å². The molecular weight excluding hydrogens is 288 g/mol. The van der Waals surface area contributed by atoms with Crippen LogP contribution >= 0.6 is 0 Å². The minimum atomic E-state index is -0.0703. The normalized spacial score (nSPS) is 10.7. The third-order valence-electron chi connectivity index (χ3n) is 3.76. The van der Waals surface area contributed by atoms with Crippen LogP contribution < -0.4 is 10.2 Å². The Labute approximate surface area is 134 Å². The molecule has 1 aromatic heterocycles. The monoisotopic (exact) mass is 306 g/mol. The molecule has 116 valence electrons. The van der Waals surface area contributed by atoms with Crippen molar-refractivity contribution < 1.29 is 4.74 Å². The van der Waals surface area contributed by atoms with E-state index in [4.69, 9.17) is 4.74 Å². The molecule has 0 saturated heterocycles. The smallest absolute Gasteiger partial charge is 0.215 e. The summed E-state index contributed by atoms with van der Waals surface area (Å²) in [6.45, 7) is 6.25. The van der Waals surface area contributed by atoms with Crippen LogP contribution in [0.2, 0.25) is 0 Å². The molecule has 0 amide bonds. The molecule has 23 heavy (non-hydrogen) atoms. The fraction of sp³-hybridized carbons (Fsp3) is 0.158. The lowest BCUT2D eigenvalue weighted by molar-refractivity contribution is 0.414. The summed E-state index contributed by atoms with van der Waals surface area (Å²) in [6.07, 6.45) is 0. The van der Waals surface area contributed by atoms with Crippen LogP contribution in [0.1, 0.15) is 18.2 Å². The maximum Gasteiger partial charge on any atom is 0.215 e. The van der Waals surface area contributed by atoms with Crippen molar-refractivity contribution in [3.8, 4) is 5.75 Å². The molecule has 4 heteroatoms. The standard InChI is InChI=1S/C19H18N2O2/c1-13(2)18-19(22)16-6-4-5-7-17(16)21(20-18)12-14-8-10-15(23-3)11-9-14/h4-11H,1,12H2,2-3H3. The summed E-state index contributed by atoms with van der Waals surface area (Å²) < 4.78 is 7.03. The van der Waals surface area contributed by atoms with Crippen molar-refractivity contribution in [2.75, 3.05) is 7.11 Å². The van der Waals surface area contributed by atoms with Crippen LogP contribution in [0.3, 0.4) is 0 Å². The first-order chi connectivity index (χ1) is 11.1. The summed E-state index contributed by atoms with van der Waals surface area (Å²) in [4.78, 5) is 12.5. The average Bonchev–Trinajstić information content (AvgIpc) is 2.58. The van der Waals surface area contributed by atoms with Gasteiger partial charge in [0.2, 0.25) is 5.43 Å². The molecule has 2 aromatic carbocycles. The number of rotatable bonds is 4. The molecule has 0 bridgehead atoms. The topological polar surface area (TPSA) is 44.1 Å².